The van der Waals surface area contributed by atoms with Crippen molar-refractivity contribution in [2.45, 2.75) is 51.6 Å². The topological polar surface area (TPSA) is 87.7 Å². The van der Waals surface area contributed by atoms with Crippen LogP contribution in [-0.4, -0.2) is 50.3 Å². The van der Waals surface area contributed by atoms with Crippen molar-refractivity contribution < 1.29 is 19.4 Å². The molecule has 0 spiro atoms. The largest absolute Gasteiger partial charge is 0.480 e. The summed E-state index contributed by atoms with van der Waals surface area (Å²) in [6.45, 7) is 4.00. The summed E-state index contributed by atoms with van der Waals surface area (Å²) in [5, 5.41) is 14.0. The molecule has 114 valence electrons. The number of hydrogen-bond donors (Lipinski definition) is 3. The summed E-state index contributed by atoms with van der Waals surface area (Å²) in [7, 11) is 4.83. The van der Waals surface area contributed by atoms with Crippen LogP contribution in [0.3, 0.4) is 0 Å². The number of methoxy groups -OCH3 is 1. The maximum absolute atomic E-state index is 10.8. The normalized spacial score (nSPS) is 12.9. The smallest absolute Gasteiger partial charge is 0.322 e. The van der Waals surface area contributed by atoms with E-state index in [9.17, 15) is 9.59 Å². The fourth-order valence-electron chi connectivity index (χ4n) is 1.49. The molecule has 0 aromatic carbocycles. The fourth-order valence-corrected chi connectivity index (χ4v) is 1.49. The van der Waals surface area contributed by atoms with Crippen LogP contribution < -0.4 is 10.6 Å². The molecule has 0 aliphatic rings. The van der Waals surface area contributed by atoms with Gasteiger partial charge in [-0.25, -0.2) is 0 Å². The summed E-state index contributed by atoms with van der Waals surface area (Å²) in [5.74, 6) is -0.941. The highest BCUT2D eigenvalue weighted by Gasteiger charge is 2.14. The van der Waals surface area contributed by atoms with Gasteiger partial charge in [0.25, 0.3) is 0 Å². The van der Waals surface area contributed by atoms with Crippen molar-refractivity contribution in [3.63, 3.8) is 0 Å². The first kappa shape index (κ1) is 20.2. The predicted molar refractivity (Wildman–Crippen MR) is 75.2 cm³/mol. The molecule has 2 atom stereocenters. The third-order valence-electron chi connectivity index (χ3n) is 2.64. The maximum Gasteiger partial charge on any atom is 0.322 e. The van der Waals surface area contributed by atoms with Crippen molar-refractivity contribution in [3.05, 3.63) is 0 Å². The fraction of sp³-hybridized carbons (Fsp3) is 0.846. The standard InChI is InChI=1S/C7H15NO2.C6H13NO2/c1-4-5-6(8-2)7(9)10-3;1-3-4-5(7-2)6(8)9/h6,8H,4-5H2,1-3H3;5,7H,3-4H2,1-2H3,(H,8,9)/t6-;5-/m00/s1. The lowest BCUT2D eigenvalue weighted by atomic mass is 10.2. The molecule has 19 heavy (non-hydrogen) atoms. The van der Waals surface area contributed by atoms with Gasteiger partial charge >= 0.3 is 11.9 Å². The Morgan fingerprint density at radius 1 is 1.05 bits per heavy atom. The molecular formula is C13H28N2O4. The molecule has 0 aromatic heterocycles. The van der Waals surface area contributed by atoms with Crippen molar-refractivity contribution >= 4 is 11.9 Å². The van der Waals surface area contributed by atoms with Crippen molar-refractivity contribution in [2.75, 3.05) is 21.2 Å². The second-order valence-corrected chi connectivity index (χ2v) is 4.12. The van der Waals surface area contributed by atoms with E-state index in [2.05, 4.69) is 15.4 Å². The van der Waals surface area contributed by atoms with E-state index in [-0.39, 0.29) is 18.1 Å². The van der Waals surface area contributed by atoms with E-state index in [1.807, 2.05) is 13.8 Å². The number of carboxylic acid groups (broad SMARTS) is 1. The van der Waals surface area contributed by atoms with Crippen molar-refractivity contribution in [1.29, 1.82) is 0 Å². The molecule has 0 aliphatic heterocycles. The minimum atomic E-state index is -0.764. The Bertz CT molecular complexity index is 247. The van der Waals surface area contributed by atoms with Crippen LogP contribution in [0, 0.1) is 0 Å². The van der Waals surface area contributed by atoms with Gasteiger partial charge in [0.2, 0.25) is 0 Å². The number of rotatable bonds is 8. The SMILES string of the molecule is CCC[C@H](NC)C(=O)O.CCC[C@H](NC)C(=O)OC. The van der Waals surface area contributed by atoms with Crippen LogP contribution in [0.5, 0.6) is 0 Å². The van der Waals surface area contributed by atoms with Crippen LogP contribution in [0.25, 0.3) is 0 Å². The number of aliphatic carboxylic acids is 1. The zero-order valence-electron chi connectivity index (χ0n) is 12.7. The lowest BCUT2D eigenvalue weighted by molar-refractivity contribution is -0.143. The molecule has 0 unspecified atom stereocenters. The number of carbonyl (C=O) groups excluding carboxylic acids is 1. The van der Waals surface area contributed by atoms with Gasteiger partial charge in [-0.1, -0.05) is 26.7 Å². The number of carbonyl (C=O) groups is 2. The van der Waals surface area contributed by atoms with Crippen LogP contribution in [0.4, 0.5) is 0 Å². The Morgan fingerprint density at radius 3 is 1.68 bits per heavy atom. The molecule has 3 N–H and O–H groups in total. The predicted octanol–water partition coefficient (Wildman–Crippen LogP) is 1.01. The Labute approximate surface area is 115 Å². The molecular weight excluding hydrogens is 248 g/mol. The third kappa shape index (κ3) is 10.5. The van der Waals surface area contributed by atoms with E-state index in [4.69, 9.17) is 5.11 Å². The average molecular weight is 276 g/mol. The summed E-state index contributed by atoms with van der Waals surface area (Å²) in [6, 6.07) is -0.495. The molecule has 0 rings (SSSR count). The first-order valence-corrected chi connectivity index (χ1v) is 6.63. The molecule has 0 saturated heterocycles. The molecule has 0 aliphatic carbocycles. The Kier molecular flexibility index (Phi) is 14.1. The Hall–Kier alpha value is -1.14. The van der Waals surface area contributed by atoms with E-state index in [1.165, 1.54) is 7.11 Å². The third-order valence-corrected chi connectivity index (χ3v) is 2.64. The maximum atomic E-state index is 10.8. The Balaban J connectivity index is 0. The summed E-state index contributed by atoms with van der Waals surface area (Å²) >= 11 is 0. The first-order valence-electron chi connectivity index (χ1n) is 6.63. The van der Waals surface area contributed by atoms with Gasteiger partial charge in [0, 0.05) is 0 Å². The molecule has 0 heterocycles. The quantitative estimate of drug-likeness (QED) is 0.573. The second-order valence-electron chi connectivity index (χ2n) is 4.12. The van der Waals surface area contributed by atoms with Gasteiger partial charge < -0.3 is 20.5 Å². The van der Waals surface area contributed by atoms with Crippen LogP contribution in [0.1, 0.15) is 39.5 Å². The highest BCUT2D eigenvalue weighted by molar-refractivity contribution is 5.75. The van der Waals surface area contributed by atoms with Crippen molar-refractivity contribution in [2.24, 2.45) is 0 Å². The van der Waals surface area contributed by atoms with Gasteiger partial charge in [-0.2, -0.15) is 0 Å². The van der Waals surface area contributed by atoms with Gasteiger partial charge in [-0.15, -0.1) is 0 Å². The molecule has 0 fully saturated rings. The molecule has 0 amide bonds. The first-order chi connectivity index (χ1) is 8.98. The average Bonchev–Trinajstić information content (AvgIpc) is 2.41. The zero-order valence-corrected chi connectivity index (χ0v) is 12.7. The van der Waals surface area contributed by atoms with E-state index in [0.29, 0.717) is 6.42 Å². The van der Waals surface area contributed by atoms with Gasteiger partial charge in [-0.05, 0) is 26.9 Å². The number of carboxylic acids is 1. The van der Waals surface area contributed by atoms with Crippen LogP contribution >= 0.6 is 0 Å². The number of likely N-dealkylation sites (N-methyl/N-ethyl adjacent to an activating group) is 2. The molecule has 6 heteroatoms. The summed E-state index contributed by atoms with van der Waals surface area (Å²) in [5.41, 5.74) is 0. The zero-order chi connectivity index (χ0) is 15.3. The van der Waals surface area contributed by atoms with E-state index in [0.717, 1.165) is 19.3 Å². The summed E-state index contributed by atoms with van der Waals surface area (Å²) in [4.78, 5) is 21.1. The van der Waals surface area contributed by atoms with Crippen LogP contribution in [0.2, 0.25) is 0 Å². The summed E-state index contributed by atoms with van der Waals surface area (Å²) in [6.07, 6.45) is 3.42. The number of nitrogens with one attached hydrogen (secondary N) is 2. The summed E-state index contributed by atoms with van der Waals surface area (Å²) < 4.78 is 4.55. The van der Waals surface area contributed by atoms with Crippen LogP contribution in [-0.2, 0) is 14.3 Å². The van der Waals surface area contributed by atoms with Gasteiger partial charge in [-0.3, -0.25) is 9.59 Å². The van der Waals surface area contributed by atoms with Crippen molar-refractivity contribution in [3.8, 4) is 0 Å². The molecule has 6 nitrogen and oxygen atoms in total. The number of hydrogen-bond acceptors (Lipinski definition) is 5. The molecule has 0 radical (unpaired) electrons. The van der Waals surface area contributed by atoms with Gasteiger partial charge in [0.05, 0.1) is 7.11 Å². The highest BCUT2D eigenvalue weighted by atomic mass is 16.5. The van der Waals surface area contributed by atoms with E-state index >= 15 is 0 Å². The van der Waals surface area contributed by atoms with E-state index in [1.54, 1.807) is 14.1 Å². The molecule has 0 bridgehead atoms. The monoisotopic (exact) mass is 276 g/mol. The Morgan fingerprint density at radius 2 is 1.47 bits per heavy atom. The van der Waals surface area contributed by atoms with Gasteiger partial charge in [0.1, 0.15) is 12.1 Å². The minimum absolute atomic E-state index is 0.130. The second kappa shape index (κ2) is 13.3. The van der Waals surface area contributed by atoms with Gasteiger partial charge in [0.15, 0.2) is 0 Å². The highest BCUT2D eigenvalue weighted by Crippen LogP contribution is 1.97. The number of esters is 1. The number of ether oxygens (including phenoxy) is 1. The van der Waals surface area contributed by atoms with Crippen LogP contribution in [0.15, 0.2) is 0 Å². The molecule has 0 saturated carbocycles. The lowest BCUT2D eigenvalue weighted by Gasteiger charge is -2.11. The van der Waals surface area contributed by atoms with Crippen molar-refractivity contribution in [1.82, 2.24) is 10.6 Å². The minimum Gasteiger partial charge on any atom is -0.480 e. The lowest BCUT2D eigenvalue weighted by Crippen LogP contribution is -2.34. The molecule has 0 aromatic rings. The van der Waals surface area contributed by atoms with E-state index < -0.39 is 5.97 Å².